The highest BCUT2D eigenvalue weighted by Crippen LogP contribution is 2.40. The van der Waals surface area contributed by atoms with Crippen molar-refractivity contribution < 1.29 is 5.11 Å². The fourth-order valence-electron chi connectivity index (χ4n) is 4.08. The van der Waals surface area contributed by atoms with Crippen molar-refractivity contribution in [1.29, 1.82) is 5.26 Å². The molecule has 1 N–H and O–H groups in total. The van der Waals surface area contributed by atoms with Gasteiger partial charge in [-0.2, -0.15) is 5.26 Å². The van der Waals surface area contributed by atoms with E-state index in [-0.39, 0.29) is 0 Å². The number of rotatable bonds is 3. The van der Waals surface area contributed by atoms with Crippen LogP contribution in [-0.4, -0.2) is 14.7 Å². The third-order valence-corrected chi connectivity index (χ3v) is 6.20. The van der Waals surface area contributed by atoms with Crippen LogP contribution in [0, 0.1) is 17.2 Å². The van der Waals surface area contributed by atoms with Gasteiger partial charge in [0.2, 0.25) is 0 Å². The Kier molecular flexibility index (Phi) is 4.03. The van der Waals surface area contributed by atoms with Gasteiger partial charge in [-0.25, -0.2) is 0 Å². The van der Waals surface area contributed by atoms with Gasteiger partial charge in [0.25, 0.3) is 0 Å². The molecule has 24 heavy (non-hydrogen) atoms. The normalized spacial score (nSPS) is 22.7. The van der Waals surface area contributed by atoms with E-state index in [2.05, 4.69) is 33.1 Å². The molecule has 1 unspecified atom stereocenters. The minimum atomic E-state index is -0.496. The van der Waals surface area contributed by atoms with Crippen LogP contribution in [0.2, 0.25) is 0 Å². The second-order valence-corrected chi connectivity index (χ2v) is 7.77. The molecule has 0 spiro atoms. The molecule has 0 amide bonds. The SMILES string of the molecule is CC(O)c1cc2cnc3ccsc3c2n1C1CCC(CC#N)CC1. The molecule has 0 bridgehead atoms. The fourth-order valence-corrected chi connectivity index (χ4v) is 4.98. The van der Waals surface area contributed by atoms with Gasteiger partial charge < -0.3 is 9.67 Å². The second kappa shape index (κ2) is 6.19. The summed E-state index contributed by atoms with van der Waals surface area (Å²) in [5, 5.41) is 22.4. The van der Waals surface area contributed by atoms with Gasteiger partial charge in [-0.15, -0.1) is 11.3 Å². The van der Waals surface area contributed by atoms with Gasteiger partial charge in [-0.1, -0.05) is 0 Å². The van der Waals surface area contributed by atoms with Crippen LogP contribution in [0.5, 0.6) is 0 Å². The zero-order valence-corrected chi connectivity index (χ0v) is 14.6. The number of aliphatic hydroxyl groups excluding tert-OH is 1. The molecule has 1 fully saturated rings. The molecule has 4 nitrogen and oxygen atoms in total. The first-order valence-electron chi connectivity index (χ1n) is 8.61. The molecule has 5 heteroatoms. The lowest BCUT2D eigenvalue weighted by Crippen LogP contribution is -2.20. The topological polar surface area (TPSA) is 61.8 Å². The number of hydrogen-bond donors (Lipinski definition) is 1. The third kappa shape index (κ3) is 2.51. The Balaban J connectivity index is 1.82. The van der Waals surface area contributed by atoms with Crippen LogP contribution < -0.4 is 0 Å². The molecule has 124 valence electrons. The third-order valence-electron chi connectivity index (χ3n) is 5.29. The van der Waals surface area contributed by atoms with Crippen LogP contribution >= 0.6 is 11.3 Å². The van der Waals surface area contributed by atoms with Crippen molar-refractivity contribution in [2.45, 2.75) is 51.2 Å². The standard InChI is InChI=1S/C19H21N3OS/c1-12(23)17-10-14-11-21-16-7-9-24-19(16)18(14)22(17)15-4-2-13(3-5-15)6-8-20/h7,9-13,15,23H,2-6H2,1H3. The van der Waals surface area contributed by atoms with Crippen LogP contribution in [0.15, 0.2) is 23.7 Å². The Morgan fingerprint density at radius 3 is 2.92 bits per heavy atom. The van der Waals surface area contributed by atoms with E-state index in [9.17, 15) is 5.11 Å². The van der Waals surface area contributed by atoms with Gasteiger partial charge in [0.15, 0.2) is 0 Å². The Hall–Kier alpha value is -1.90. The number of hydrogen-bond acceptors (Lipinski definition) is 4. The van der Waals surface area contributed by atoms with Crippen molar-refractivity contribution in [1.82, 2.24) is 9.55 Å². The average Bonchev–Trinajstić information content (AvgIpc) is 3.19. The summed E-state index contributed by atoms with van der Waals surface area (Å²) in [6.07, 6.45) is 6.43. The summed E-state index contributed by atoms with van der Waals surface area (Å²) in [6.45, 7) is 1.84. The van der Waals surface area contributed by atoms with Gasteiger partial charge in [-0.05, 0) is 56.0 Å². The predicted molar refractivity (Wildman–Crippen MR) is 97.0 cm³/mol. The van der Waals surface area contributed by atoms with Gasteiger partial charge >= 0.3 is 0 Å². The van der Waals surface area contributed by atoms with E-state index in [0.29, 0.717) is 18.4 Å². The first-order chi connectivity index (χ1) is 11.7. The van der Waals surface area contributed by atoms with Crippen LogP contribution in [0.25, 0.3) is 21.1 Å². The summed E-state index contributed by atoms with van der Waals surface area (Å²) in [5.74, 6) is 0.534. The minimum absolute atomic E-state index is 0.398. The summed E-state index contributed by atoms with van der Waals surface area (Å²) in [6, 6.07) is 6.86. The molecule has 1 saturated carbocycles. The number of thiophene rings is 1. The largest absolute Gasteiger partial charge is 0.387 e. The molecule has 1 aliphatic carbocycles. The average molecular weight is 339 g/mol. The summed E-state index contributed by atoms with van der Waals surface area (Å²) >= 11 is 1.72. The number of nitriles is 1. The zero-order valence-electron chi connectivity index (χ0n) is 13.8. The molecule has 1 atom stereocenters. The maximum Gasteiger partial charge on any atom is 0.0912 e. The molecule has 0 radical (unpaired) electrons. The van der Waals surface area contributed by atoms with Crippen molar-refractivity contribution in [3.8, 4) is 6.07 Å². The van der Waals surface area contributed by atoms with Crippen molar-refractivity contribution in [2.75, 3.05) is 0 Å². The highest BCUT2D eigenvalue weighted by Gasteiger charge is 2.27. The highest BCUT2D eigenvalue weighted by molar-refractivity contribution is 7.18. The molecular formula is C19H21N3OS. The Morgan fingerprint density at radius 2 is 2.21 bits per heavy atom. The Labute approximate surface area is 145 Å². The number of nitrogens with zero attached hydrogens (tertiary/aromatic N) is 3. The molecule has 0 saturated heterocycles. The number of aliphatic hydroxyl groups is 1. The van der Waals surface area contributed by atoms with Crippen molar-refractivity contribution in [3.63, 3.8) is 0 Å². The summed E-state index contributed by atoms with van der Waals surface area (Å²) in [7, 11) is 0. The first kappa shape index (κ1) is 15.6. The molecule has 3 aromatic heterocycles. The first-order valence-corrected chi connectivity index (χ1v) is 9.49. The van der Waals surface area contributed by atoms with Crippen LogP contribution in [0.1, 0.15) is 56.9 Å². The van der Waals surface area contributed by atoms with E-state index < -0.39 is 6.10 Å². The van der Waals surface area contributed by atoms with Crippen LogP contribution in [0.3, 0.4) is 0 Å². The summed E-state index contributed by atoms with van der Waals surface area (Å²) in [4.78, 5) is 4.54. The summed E-state index contributed by atoms with van der Waals surface area (Å²) in [5.41, 5.74) is 3.23. The van der Waals surface area contributed by atoms with Crippen molar-refractivity contribution in [2.24, 2.45) is 5.92 Å². The van der Waals surface area contributed by atoms with Gasteiger partial charge in [0, 0.05) is 29.7 Å². The monoisotopic (exact) mass is 339 g/mol. The van der Waals surface area contributed by atoms with E-state index >= 15 is 0 Å². The minimum Gasteiger partial charge on any atom is -0.387 e. The molecule has 3 heterocycles. The van der Waals surface area contributed by atoms with E-state index in [0.717, 1.165) is 42.3 Å². The number of fused-ring (bicyclic) bond motifs is 3. The van der Waals surface area contributed by atoms with Gasteiger partial charge in [0.1, 0.15) is 0 Å². The van der Waals surface area contributed by atoms with Crippen molar-refractivity contribution in [3.05, 3.63) is 29.4 Å². The van der Waals surface area contributed by atoms with Crippen molar-refractivity contribution >= 4 is 32.5 Å². The maximum atomic E-state index is 10.3. The Bertz CT molecular complexity index is 910. The fraction of sp³-hybridized carbons (Fsp3) is 0.474. The molecule has 4 rings (SSSR count). The Morgan fingerprint density at radius 1 is 1.42 bits per heavy atom. The lowest BCUT2D eigenvalue weighted by Gasteiger charge is -2.31. The van der Waals surface area contributed by atoms with Gasteiger partial charge in [-0.3, -0.25) is 4.98 Å². The molecular weight excluding hydrogens is 318 g/mol. The van der Waals surface area contributed by atoms with Crippen LogP contribution in [-0.2, 0) is 0 Å². The smallest absolute Gasteiger partial charge is 0.0912 e. The quantitative estimate of drug-likeness (QED) is 0.734. The summed E-state index contributed by atoms with van der Waals surface area (Å²) < 4.78 is 3.57. The van der Waals surface area contributed by atoms with E-state index in [4.69, 9.17) is 5.26 Å². The lowest BCUT2D eigenvalue weighted by atomic mass is 9.84. The molecule has 0 aromatic carbocycles. The molecule has 1 aliphatic rings. The van der Waals surface area contributed by atoms with E-state index in [1.807, 2.05) is 13.1 Å². The van der Waals surface area contributed by atoms with E-state index in [1.165, 1.54) is 10.2 Å². The second-order valence-electron chi connectivity index (χ2n) is 6.85. The highest BCUT2D eigenvalue weighted by atomic mass is 32.1. The molecule has 3 aromatic rings. The number of pyridine rings is 1. The predicted octanol–water partition coefficient (Wildman–Crippen LogP) is 4.95. The van der Waals surface area contributed by atoms with Crippen LogP contribution in [0.4, 0.5) is 0 Å². The van der Waals surface area contributed by atoms with Gasteiger partial charge in [0.05, 0.1) is 27.9 Å². The van der Waals surface area contributed by atoms with E-state index in [1.54, 1.807) is 11.3 Å². The molecule has 0 aliphatic heterocycles. The number of aromatic nitrogens is 2. The lowest BCUT2D eigenvalue weighted by molar-refractivity contribution is 0.180. The zero-order chi connectivity index (χ0) is 16.7. The maximum absolute atomic E-state index is 10.3.